The summed E-state index contributed by atoms with van der Waals surface area (Å²) in [5, 5.41) is 0. The molecular formula is C11H18O4. The van der Waals surface area contributed by atoms with Gasteiger partial charge in [0.25, 0.3) is 0 Å². The van der Waals surface area contributed by atoms with Crippen molar-refractivity contribution in [1.82, 2.24) is 0 Å². The van der Waals surface area contributed by atoms with E-state index in [1.165, 1.54) is 0 Å². The lowest BCUT2D eigenvalue weighted by Gasteiger charge is -2.03. The van der Waals surface area contributed by atoms with Gasteiger partial charge < -0.3 is 14.3 Å². The van der Waals surface area contributed by atoms with Gasteiger partial charge in [0, 0.05) is 19.1 Å². The summed E-state index contributed by atoms with van der Waals surface area (Å²) in [4.78, 5) is 20.6. The number of rotatable bonds is 10. The summed E-state index contributed by atoms with van der Waals surface area (Å²) in [7, 11) is 0. The van der Waals surface area contributed by atoms with Crippen LogP contribution in [0.2, 0.25) is 0 Å². The van der Waals surface area contributed by atoms with E-state index in [2.05, 4.69) is 6.58 Å². The number of aldehydes is 1. The van der Waals surface area contributed by atoms with Crippen LogP contribution >= 0.6 is 0 Å². The molecule has 4 nitrogen and oxygen atoms in total. The molecule has 0 spiro atoms. The average molecular weight is 214 g/mol. The average Bonchev–Trinajstić information content (AvgIpc) is 2.26. The van der Waals surface area contributed by atoms with E-state index in [4.69, 9.17) is 9.47 Å². The van der Waals surface area contributed by atoms with Crippen molar-refractivity contribution in [3.8, 4) is 0 Å². The monoisotopic (exact) mass is 214 g/mol. The maximum Gasteiger partial charge on any atom is 0.330 e. The third-order valence-corrected chi connectivity index (χ3v) is 1.75. The van der Waals surface area contributed by atoms with Gasteiger partial charge in [-0.25, -0.2) is 4.79 Å². The molecule has 0 fully saturated rings. The van der Waals surface area contributed by atoms with E-state index >= 15 is 0 Å². The van der Waals surface area contributed by atoms with Crippen LogP contribution in [0.3, 0.4) is 0 Å². The van der Waals surface area contributed by atoms with Gasteiger partial charge >= 0.3 is 5.97 Å². The quantitative estimate of drug-likeness (QED) is 0.239. The molecule has 0 aliphatic rings. The largest absolute Gasteiger partial charge is 0.460 e. The van der Waals surface area contributed by atoms with Crippen LogP contribution in [-0.4, -0.2) is 32.1 Å². The predicted octanol–water partition coefficient (Wildman–Crippen LogP) is 1.49. The number of carbonyl (C=O) groups excluding carboxylic acids is 2. The van der Waals surface area contributed by atoms with Gasteiger partial charge in [-0.2, -0.15) is 0 Å². The number of ether oxygens (including phenoxy) is 2. The Labute approximate surface area is 90.2 Å². The molecule has 0 atom stereocenters. The maximum absolute atomic E-state index is 10.6. The van der Waals surface area contributed by atoms with Crippen LogP contribution in [0, 0.1) is 0 Å². The Morgan fingerprint density at radius 3 is 2.60 bits per heavy atom. The fourth-order valence-electron chi connectivity index (χ4n) is 0.971. The molecular weight excluding hydrogens is 196 g/mol. The molecule has 0 aromatic carbocycles. The van der Waals surface area contributed by atoms with Crippen molar-refractivity contribution in [1.29, 1.82) is 0 Å². The van der Waals surface area contributed by atoms with Gasteiger partial charge in [0.15, 0.2) is 0 Å². The lowest BCUT2D eigenvalue weighted by atomic mass is 10.2. The minimum absolute atomic E-state index is 0.263. The van der Waals surface area contributed by atoms with Gasteiger partial charge in [-0.3, -0.25) is 0 Å². The van der Waals surface area contributed by atoms with Crippen LogP contribution in [0.25, 0.3) is 0 Å². The molecule has 0 bridgehead atoms. The van der Waals surface area contributed by atoms with E-state index in [1.807, 2.05) is 0 Å². The van der Waals surface area contributed by atoms with Crippen molar-refractivity contribution >= 4 is 12.3 Å². The Hall–Kier alpha value is -1.16. The van der Waals surface area contributed by atoms with Crippen LogP contribution < -0.4 is 0 Å². The highest BCUT2D eigenvalue weighted by molar-refractivity contribution is 5.81. The van der Waals surface area contributed by atoms with Gasteiger partial charge in [0.1, 0.15) is 12.9 Å². The summed E-state index contributed by atoms with van der Waals surface area (Å²) in [6, 6.07) is 0. The predicted molar refractivity (Wildman–Crippen MR) is 56.5 cm³/mol. The lowest BCUT2D eigenvalue weighted by Crippen LogP contribution is -2.08. The first kappa shape index (κ1) is 13.8. The molecule has 0 heterocycles. The number of hydrogen-bond acceptors (Lipinski definition) is 4. The number of esters is 1. The van der Waals surface area contributed by atoms with Crippen molar-refractivity contribution in [3.63, 3.8) is 0 Å². The van der Waals surface area contributed by atoms with Crippen molar-refractivity contribution in [2.24, 2.45) is 0 Å². The fraction of sp³-hybridized carbons (Fsp3) is 0.636. The number of carbonyl (C=O) groups is 2. The van der Waals surface area contributed by atoms with E-state index in [1.54, 1.807) is 0 Å². The van der Waals surface area contributed by atoms with Gasteiger partial charge in [0.2, 0.25) is 0 Å². The van der Waals surface area contributed by atoms with Crippen LogP contribution in [0.5, 0.6) is 0 Å². The third-order valence-electron chi connectivity index (χ3n) is 1.75. The molecule has 0 N–H and O–H groups in total. The Bertz CT molecular complexity index is 189. The standard InChI is InChI=1S/C11H18O4/c1-2-11(13)15-10-9-14-8-6-4-3-5-7-12/h2,7H,1,3-6,8-10H2. The molecule has 0 amide bonds. The highest BCUT2D eigenvalue weighted by Gasteiger charge is 1.94. The molecule has 0 aliphatic heterocycles. The zero-order chi connectivity index (χ0) is 11.4. The van der Waals surface area contributed by atoms with E-state index < -0.39 is 5.97 Å². The normalized spacial score (nSPS) is 9.60. The molecule has 86 valence electrons. The molecule has 15 heavy (non-hydrogen) atoms. The second kappa shape index (κ2) is 10.9. The molecule has 0 unspecified atom stereocenters. The SMILES string of the molecule is C=CC(=O)OCCOCCCCCC=O. The van der Waals surface area contributed by atoms with Crippen LogP contribution in [0.1, 0.15) is 25.7 Å². The maximum atomic E-state index is 10.6. The van der Waals surface area contributed by atoms with Crippen LogP contribution in [0.4, 0.5) is 0 Å². The summed E-state index contributed by atoms with van der Waals surface area (Å²) in [6.07, 6.45) is 5.51. The van der Waals surface area contributed by atoms with Crippen molar-refractivity contribution < 1.29 is 19.1 Å². The zero-order valence-corrected chi connectivity index (χ0v) is 8.94. The Morgan fingerprint density at radius 2 is 1.93 bits per heavy atom. The highest BCUT2D eigenvalue weighted by Crippen LogP contribution is 1.97. The summed E-state index contributed by atoms with van der Waals surface area (Å²) < 4.78 is 9.92. The minimum Gasteiger partial charge on any atom is -0.460 e. The van der Waals surface area contributed by atoms with Gasteiger partial charge in [-0.1, -0.05) is 13.0 Å². The summed E-state index contributed by atoms with van der Waals surface area (Å²) >= 11 is 0. The smallest absolute Gasteiger partial charge is 0.330 e. The molecule has 0 aromatic heterocycles. The first-order chi connectivity index (χ1) is 7.31. The van der Waals surface area contributed by atoms with Gasteiger partial charge in [0.05, 0.1) is 6.61 Å². The summed E-state index contributed by atoms with van der Waals surface area (Å²) in [5.74, 6) is -0.426. The number of hydrogen-bond donors (Lipinski definition) is 0. The topological polar surface area (TPSA) is 52.6 Å². The van der Waals surface area contributed by atoms with Crippen LogP contribution in [-0.2, 0) is 19.1 Å². The zero-order valence-electron chi connectivity index (χ0n) is 8.94. The molecule has 0 saturated heterocycles. The lowest BCUT2D eigenvalue weighted by molar-refractivity contribution is -0.139. The third kappa shape index (κ3) is 10.8. The Kier molecular flexibility index (Phi) is 10.1. The first-order valence-electron chi connectivity index (χ1n) is 5.12. The second-order valence-electron chi connectivity index (χ2n) is 3.00. The number of unbranched alkanes of at least 4 members (excludes halogenated alkanes) is 3. The fourth-order valence-corrected chi connectivity index (χ4v) is 0.971. The van der Waals surface area contributed by atoms with Gasteiger partial charge in [-0.15, -0.1) is 0 Å². The molecule has 0 aromatic rings. The van der Waals surface area contributed by atoms with Gasteiger partial charge in [-0.05, 0) is 12.8 Å². The molecule has 0 radical (unpaired) electrons. The second-order valence-corrected chi connectivity index (χ2v) is 3.00. The molecule has 0 aliphatic carbocycles. The van der Waals surface area contributed by atoms with E-state index in [9.17, 15) is 9.59 Å². The Morgan fingerprint density at radius 1 is 1.13 bits per heavy atom. The minimum atomic E-state index is -0.426. The Balaban J connectivity index is 3.01. The van der Waals surface area contributed by atoms with E-state index in [0.29, 0.717) is 19.6 Å². The van der Waals surface area contributed by atoms with Crippen molar-refractivity contribution in [2.45, 2.75) is 25.7 Å². The van der Waals surface area contributed by atoms with Crippen molar-refractivity contribution in [3.05, 3.63) is 12.7 Å². The first-order valence-corrected chi connectivity index (χ1v) is 5.12. The van der Waals surface area contributed by atoms with E-state index in [0.717, 1.165) is 31.6 Å². The van der Waals surface area contributed by atoms with Crippen LogP contribution in [0.15, 0.2) is 12.7 Å². The molecule has 4 heteroatoms. The highest BCUT2D eigenvalue weighted by atomic mass is 16.6. The summed E-state index contributed by atoms with van der Waals surface area (Å²) in [5.41, 5.74) is 0. The van der Waals surface area contributed by atoms with Crippen molar-refractivity contribution in [2.75, 3.05) is 19.8 Å². The summed E-state index contributed by atoms with van der Waals surface area (Å²) in [6.45, 7) is 4.59. The molecule has 0 saturated carbocycles. The van der Waals surface area contributed by atoms with E-state index in [-0.39, 0.29) is 6.61 Å². The molecule has 0 rings (SSSR count).